The van der Waals surface area contributed by atoms with Gasteiger partial charge in [0.1, 0.15) is 0 Å². The Morgan fingerprint density at radius 3 is 2.85 bits per heavy atom. The van der Waals surface area contributed by atoms with Gasteiger partial charge in [-0.2, -0.15) is 0 Å². The number of amides is 1. The monoisotopic (exact) mass is 360 g/mol. The van der Waals surface area contributed by atoms with E-state index in [-0.39, 0.29) is 30.0 Å². The van der Waals surface area contributed by atoms with Gasteiger partial charge in [0.2, 0.25) is 5.91 Å². The zero-order valence-corrected chi connectivity index (χ0v) is 13.6. The van der Waals surface area contributed by atoms with Crippen molar-refractivity contribution in [3.8, 4) is 0 Å². The maximum Gasteiger partial charge on any atom is 0.241 e. The van der Waals surface area contributed by atoms with E-state index in [1.807, 2.05) is 24.3 Å². The van der Waals surface area contributed by atoms with Crippen LogP contribution in [0.1, 0.15) is 6.42 Å². The number of nitrogens with zero attached hydrogens (tertiary/aromatic N) is 1. The molecule has 1 unspecified atom stereocenters. The normalized spacial score (nSPS) is 20.6. The van der Waals surface area contributed by atoms with Crippen molar-refractivity contribution in [2.45, 2.75) is 12.5 Å². The van der Waals surface area contributed by atoms with Crippen molar-refractivity contribution in [1.29, 1.82) is 0 Å². The average Bonchev–Trinajstić information content (AvgIpc) is 2.75. The van der Waals surface area contributed by atoms with Crippen LogP contribution in [0.3, 0.4) is 0 Å². The number of benzene rings is 1. The summed E-state index contributed by atoms with van der Waals surface area (Å²) < 4.78 is 23.8. The molecule has 2 rings (SSSR count). The minimum atomic E-state index is -2.97. The molecule has 110 valence electrons. The van der Waals surface area contributed by atoms with E-state index in [0.717, 1.165) is 10.2 Å². The molecule has 1 amide bonds. The molecular weight excluding hydrogens is 344 g/mol. The average molecular weight is 361 g/mol. The fourth-order valence-electron chi connectivity index (χ4n) is 2.19. The lowest BCUT2D eigenvalue weighted by Crippen LogP contribution is -2.40. The number of anilines is 1. The molecule has 1 heterocycles. The Morgan fingerprint density at radius 2 is 2.25 bits per heavy atom. The van der Waals surface area contributed by atoms with Crippen LogP contribution in [0.4, 0.5) is 5.69 Å². The van der Waals surface area contributed by atoms with Crippen LogP contribution in [0.5, 0.6) is 0 Å². The third-order valence-electron chi connectivity index (χ3n) is 3.42. The van der Waals surface area contributed by atoms with Gasteiger partial charge in [-0.15, -0.1) is 0 Å². The molecule has 1 aromatic carbocycles. The first kappa shape index (κ1) is 15.3. The highest BCUT2D eigenvalue weighted by atomic mass is 79.9. The van der Waals surface area contributed by atoms with Crippen molar-refractivity contribution in [2.24, 2.45) is 0 Å². The van der Waals surface area contributed by atoms with Crippen LogP contribution < -0.4 is 5.32 Å². The van der Waals surface area contributed by atoms with Crippen LogP contribution in [0.15, 0.2) is 28.7 Å². The van der Waals surface area contributed by atoms with Gasteiger partial charge in [-0.1, -0.05) is 22.0 Å². The fourth-order valence-corrected chi connectivity index (χ4v) is 4.36. The van der Waals surface area contributed by atoms with Crippen molar-refractivity contribution in [3.05, 3.63) is 28.7 Å². The van der Waals surface area contributed by atoms with Gasteiger partial charge in [0, 0.05) is 23.2 Å². The highest BCUT2D eigenvalue weighted by Crippen LogP contribution is 2.18. The first-order valence-corrected chi connectivity index (χ1v) is 8.94. The Balaban J connectivity index is 1.89. The summed E-state index contributed by atoms with van der Waals surface area (Å²) >= 11 is 3.36. The van der Waals surface area contributed by atoms with Crippen molar-refractivity contribution >= 4 is 37.4 Å². The van der Waals surface area contributed by atoms with Crippen LogP contribution in [0.25, 0.3) is 0 Å². The quantitative estimate of drug-likeness (QED) is 0.883. The Bertz CT molecular complexity index is 603. The third-order valence-corrected chi connectivity index (χ3v) is 5.66. The number of nitrogens with one attached hydrogen (secondary N) is 1. The molecule has 7 heteroatoms. The number of likely N-dealkylation sites (N-methyl/N-ethyl adjacent to an activating group) is 1. The van der Waals surface area contributed by atoms with Gasteiger partial charge in [0.25, 0.3) is 0 Å². The van der Waals surface area contributed by atoms with E-state index in [1.54, 1.807) is 7.05 Å². The van der Waals surface area contributed by atoms with Crippen LogP contribution in [0.2, 0.25) is 0 Å². The second-order valence-corrected chi connectivity index (χ2v) is 8.07. The molecule has 0 spiro atoms. The molecule has 1 saturated heterocycles. The lowest BCUT2D eigenvalue weighted by Gasteiger charge is -2.23. The first-order chi connectivity index (χ1) is 9.37. The number of sulfone groups is 1. The Morgan fingerprint density at radius 1 is 1.50 bits per heavy atom. The van der Waals surface area contributed by atoms with Gasteiger partial charge in [-0.25, -0.2) is 8.42 Å². The van der Waals surface area contributed by atoms with Gasteiger partial charge in [0.15, 0.2) is 9.84 Å². The molecule has 1 aliphatic rings. The van der Waals surface area contributed by atoms with E-state index in [4.69, 9.17) is 0 Å². The van der Waals surface area contributed by atoms with E-state index in [2.05, 4.69) is 21.2 Å². The molecule has 0 radical (unpaired) electrons. The molecule has 5 nitrogen and oxygen atoms in total. The molecule has 1 aromatic rings. The van der Waals surface area contributed by atoms with E-state index < -0.39 is 9.84 Å². The smallest absolute Gasteiger partial charge is 0.241 e. The van der Waals surface area contributed by atoms with E-state index in [9.17, 15) is 13.2 Å². The first-order valence-electron chi connectivity index (χ1n) is 6.33. The SMILES string of the molecule is CN(C(=O)CNc1cccc(Br)c1)C1CCS(=O)(=O)C1. The second kappa shape index (κ2) is 6.13. The summed E-state index contributed by atoms with van der Waals surface area (Å²) in [7, 11) is -1.30. The molecule has 0 aromatic heterocycles. The molecule has 0 saturated carbocycles. The number of halogens is 1. The van der Waals surface area contributed by atoms with Crippen molar-refractivity contribution in [1.82, 2.24) is 4.90 Å². The summed E-state index contributed by atoms with van der Waals surface area (Å²) in [4.78, 5) is 13.6. The van der Waals surface area contributed by atoms with Crippen LogP contribution in [0, 0.1) is 0 Å². The maximum absolute atomic E-state index is 12.1. The number of hydrogen-bond donors (Lipinski definition) is 1. The third kappa shape index (κ3) is 3.96. The summed E-state index contributed by atoms with van der Waals surface area (Å²) in [5.41, 5.74) is 0.847. The molecule has 20 heavy (non-hydrogen) atoms. The maximum atomic E-state index is 12.1. The summed E-state index contributed by atoms with van der Waals surface area (Å²) in [6.07, 6.45) is 0.529. The molecule has 1 N–H and O–H groups in total. The lowest BCUT2D eigenvalue weighted by molar-refractivity contribution is -0.129. The predicted molar refractivity (Wildman–Crippen MR) is 82.5 cm³/mol. The van der Waals surface area contributed by atoms with Crippen LogP contribution in [-0.2, 0) is 14.6 Å². The summed E-state index contributed by atoms with van der Waals surface area (Å²) in [5, 5.41) is 3.04. The van der Waals surface area contributed by atoms with Gasteiger partial charge in [0.05, 0.1) is 18.1 Å². The molecule has 0 aliphatic carbocycles. The van der Waals surface area contributed by atoms with Gasteiger partial charge < -0.3 is 10.2 Å². The van der Waals surface area contributed by atoms with E-state index in [1.165, 1.54) is 4.90 Å². The van der Waals surface area contributed by atoms with Gasteiger partial charge >= 0.3 is 0 Å². The van der Waals surface area contributed by atoms with Crippen molar-refractivity contribution < 1.29 is 13.2 Å². The number of carbonyl (C=O) groups excluding carboxylic acids is 1. The van der Waals surface area contributed by atoms with Gasteiger partial charge in [-0.05, 0) is 24.6 Å². The number of carbonyl (C=O) groups is 1. The predicted octanol–water partition coefficient (Wildman–Crippen LogP) is 1.51. The lowest BCUT2D eigenvalue weighted by atomic mass is 10.2. The van der Waals surface area contributed by atoms with Crippen LogP contribution in [-0.4, -0.2) is 50.4 Å². The Labute approximate surface area is 127 Å². The van der Waals surface area contributed by atoms with Crippen LogP contribution >= 0.6 is 15.9 Å². The Kier molecular flexibility index (Phi) is 4.70. The Hall–Kier alpha value is -1.08. The number of hydrogen-bond acceptors (Lipinski definition) is 4. The van der Waals surface area contributed by atoms with Crippen molar-refractivity contribution in [3.63, 3.8) is 0 Å². The second-order valence-electron chi connectivity index (χ2n) is 4.93. The summed E-state index contributed by atoms with van der Waals surface area (Å²) in [6, 6.07) is 7.34. The highest BCUT2D eigenvalue weighted by Gasteiger charge is 2.32. The standard InChI is InChI=1S/C13H17BrN2O3S/c1-16(12-5-6-20(18,19)9-12)13(17)8-15-11-4-2-3-10(14)7-11/h2-4,7,12,15H,5-6,8-9H2,1H3. The zero-order valence-electron chi connectivity index (χ0n) is 11.2. The molecule has 1 fully saturated rings. The summed E-state index contributed by atoms with van der Waals surface area (Å²) in [6.45, 7) is 0.156. The highest BCUT2D eigenvalue weighted by molar-refractivity contribution is 9.10. The molecular formula is C13H17BrN2O3S. The molecule has 1 atom stereocenters. The topological polar surface area (TPSA) is 66.5 Å². The fraction of sp³-hybridized carbons (Fsp3) is 0.462. The largest absolute Gasteiger partial charge is 0.376 e. The molecule has 1 aliphatic heterocycles. The zero-order chi connectivity index (χ0) is 14.8. The summed E-state index contributed by atoms with van der Waals surface area (Å²) in [5.74, 6) is 0.146. The molecule has 0 bridgehead atoms. The number of rotatable bonds is 4. The van der Waals surface area contributed by atoms with E-state index in [0.29, 0.717) is 6.42 Å². The minimum Gasteiger partial charge on any atom is -0.376 e. The van der Waals surface area contributed by atoms with E-state index >= 15 is 0 Å². The van der Waals surface area contributed by atoms with Gasteiger partial charge in [-0.3, -0.25) is 4.79 Å². The minimum absolute atomic E-state index is 0.0755. The van der Waals surface area contributed by atoms with Crippen molar-refractivity contribution in [2.75, 3.05) is 30.4 Å².